The van der Waals surface area contributed by atoms with Gasteiger partial charge in [0.25, 0.3) is 0 Å². The minimum absolute atomic E-state index is 0.181. The summed E-state index contributed by atoms with van der Waals surface area (Å²) in [5, 5.41) is 6.74. The lowest BCUT2D eigenvalue weighted by molar-refractivity contribution is 0.171. The van der Waals surface area contributed by atoms with Gasteiger partial charge in [-0.15, -0.1) is 11.3 Å². The standard InChI is InChI=1S/C25H30N2O4S/c1-16(2)25(19-6-8-22-24(12-19)30-10-9-29-22)26-13-18-5-7-21(23(11-18)28-4)31-14-20-15-32-17(3)27-20/h5-8,11-12,15-16,25-26H,9-10,13-14H2,1-4H3/t25-/m0/s1. The first kappa shape index (κ1) is 22.4. The van der Waals surface area contributed by atoms with Crippen LogP contribution in [0.25, 0.3) is 0 Å². The second-order valence-corrected chi connectivity index (χ2v) is 9.20. The molecule has 0 fully saturated rings. The second kappa shape index (κ2) is 10.2. The highest BCUT2D eigenvalue weighted by Gasteiger charge is 2.19. The van der Waals surface area contributed by atoms with Crippen LogP contribution in [0.5, 0.6) is 23.0 Å². The molecule has 0 unspecified atom stereocenters. The van der Waals surface area contributed by atoms with Crippen molar-refractivity contribution in [1.82, 2.24) is 10.3 Å². The molecule has 1 aromatic heterocycles. The third-order valence-electron chi connectivity index (χ3n) is 5.39. The van der Waals surface area contributed by atoms with Gasteiger partial charge in [-0.2, -0.15) is 0 Å². The average molecular weight is 455 g/mol. The van der Waals surface area contributed by atoms with E-state index in [0.29, 0.717) is 38.0 Å². The molecule has 0 amide bonds. The molecule has 7 heteroatoms. The SMILES string of the molecule is COc1cc(CN[C@H](c2ccc3c(c2)OCCO3)C(C)C)ccc1OCc1csc(C)n1. The number of nitrogens with zero attached hydrogens (tertiary/aromatic N) is 1. The Hall–Kier alpha value is -2.77. The summed E-state index contributed by atoms with van der Waals surface area (Å²) in [6, 6.07) is 12.4. The van der Waals surface area contributed by atoms with Crippen molar-refractivity contribution < 1.29 is 18.9 Å². The zero-order chi connectivity index (χ0) is 22.5. The summed E-state index contributed by atoms with van der Waals surface area (Å²) in [6.45, 7) is 8.75. The van der Waals surface area contributed by atoms with Gasteiger partial charge in [0.1, 0.15) is 19.8 Å². The Morgan fingerprint density at radius 2 is 1.88 bits per heavy atom. The molecule has 0 radical (unpaired) electrons. The molecule has 170 valence electrons. The largest absolute Gasteiger partial charge is 0.493 e. The van der Waals surface area contributed by atoms with E-state index in [9.17, 15) is 0 Å². The van der Waals surface area contributed by atoms with E-state index in [4.69, 9.17) is 18.9 Å². The van der Waals surface area contributed by atoms with Crippen LogP contribution < -0.4 is 24.3 Å². The van der Waals surface area contributed by atoms with Gasteiger partial charge in [0.05, 0.1) is 17.8 Å². The van der Waals surface area contributed by atoms with Crippen LogP contribution in [0, 0.1) is 12.8 Å². The maximum atomic E-state index is 5.94. The topological polar surface area (TPSA) is 61.8 Å². The molecule has 4 rings (SSSR count). The molecule has 3 aromatic rings. The van der Waals surface area contributed by atoms with Gasteiger partial charge < -0.3 is 24.3 Å². The van der Waals surface area contributed by atoms with E-state index in [1.807, 2.05) is 30.5 Å². The average Bonchev–Trinajstić information content (AvgIpc) is 3.22. The molecule has 0 bridgehead atoms. The Kier molecular flexibility index (Phi) is 7.17. The molecule has 32 heavy (non-hydrogen) atoms. The number of nitrogens with one attached hydrogen (secondary N) is 1. The molecule has 0 saturated heterocycles. The van der Waals surface area contributed by atoms with Crippen molar-refractivity contribution in [3.8, 4) is 23.0 Å². The molecule has 1 N–H and O–H groups in total. The molecule has 1 atom stereocenters. The number of fused-ring (bicyclic) bond motifs is 1. The number of benzene rings is 2. The summed E-state index contributed by atoms with van der Waals surface area (Å²) in [5.41, 5.74) is 3.25. The van der Waals surface area contributed by atoms with Crippen LogP contribution in [-0.4, -0.2) is 25.3 Å². The van der Waals surface area contributed by atoms with Crippen LogP contribution in [0.2, 0.25) is 0 Å². The van der Waals surface area contributed by atoms with Crippen LogP contribution in [-0.2, 0) is 13.2 Å². The van der Waals surface area contributed by atoms with Crippen molar-refractivity contribution in [2.45, 2.75) is 40.0 Å². The van der Waals surface area contributed by atoms with Gasteiger partial charge in [0.15, 0.2) is 23.0 Å². The number of ether oxygens (including phenoxy) is 4. The maximum Gasteiger partial charge on any atom is 0.161 e. The van der Waals surface area contributed by atoms with Crippen molar-refractivity contribution in [3.05, 3.63) is 63.6 Å². The fourth-order valence-corrected chi connectivity index (χ4v) is 4.38. The number of thiazole rings is 1. The fourth-order valence-electron chi connectivity index (χ4n) is 3.79. The summed E-state index contributed by atoms with van der Waals surface area (Å²) >= 11 is 1.62. The van der Waals surface area contributed by atoms with Gasteiger partial charge in [0.2, 0.25) is 0 Å². The molecule has 2 heterocycles. The number of aryl methyl sites for hydroxylation is 1. The van der Waals surface area contributed by atoms with Gasteiger partial charge in [-0.25, -0.2) is 4.98 Å². The zero-order valence-electron chi connectivity index (χ0n) is 19.0. The quantitative estimate of drug-likeness (QED) is 0.474. The lowest BCUT2D eigenvalue weighted by atomic mass is 9.95. The van der Waals surface area contributed by atoms with Crippen LogP contribution in [0.4, 0.5) is 0 Å². The van der Waals surface area contributed by atoms with Crippen LogP contribution in [0.1, 0.15) is 41.7 Å². The van der Waals surface area contributed by atoms with Crippen molar-refractivity contribution in [2.75, 3.05) is 20.3 Å². The van der Waals surface area contributed by atoms with E-state index in [1.165, 1.54) is 5.56 Å². The van der Waals surface area contributed by atoms with E-state index < -0.39 is 0 Å². The van der Waals surface area contributed by atoms with Crippen LogP contribution in [0.15, 0.2) is 41.8 Å². The van der Waals surface area contributed by atoms with Gasteiger partial charge in [-0.1, -0.05) is 26.0 Å². The molecule has 0 spiro atoms. The summed E-state index contributed by atoms with van der Waals surface area (Å²) in [4.78, 5) is 4.45. The molecule has 6 nitrogen and oxygen atoms in total. The first-order chi connectivity index (χ1) is 15.5. The predicted octanol–water partition coefficient (Wildman–Crippen LogP) is 5.30. The van der Waals surface area contributed by atoms with Crippen molar-refractivity contribution in [1.29, 1.82) is 0 Å². The highest BCUT2D eigenvalue weighted by molar-refractivity contribution is 7.09. The van der Waals surface area contributed by atoms with E-state index in [1.54, 1.807) is 18.4 Å². The summed E-state index contributed by atoms with van der Waals surface area (Å²) in [7, 11) is 1.67. The Morgan fingerprint density at radius 3 is 2.59 bits per heavy atom. The lowest BCUT2D eigenvalue weighted by Gasteiger charge is -2.26. The second-order valence-electron chi connectivity index (χ2n) is 8.14. The highest BCUT2D eigenvalue weighted by atomic mass is 32.1. The van der Waals surface area contributed by atoms with E-state index in [-0.39, 0.29) is 6.04 Å². The van der Waals surface area contributed by atoms with E-state index in [0.717, 1.165) is 33.5 Å². The Balaban J connectivity index is 1.43. The van der Waals surface area contributed by atoms with E-state index in [2.05, 4.69) is 42.3 Å². The Morgan fingerprint density at radius 1 is 1.06 bits per heavy atom. The lowest BCUT2D eigenvalue weighted by Crippen LogP contribution is -2.26. The highest BCUT2D eigenvalue weighted by Crippen LogP contribution is 2.35. The van der Waals surface area contributed by atoms with Gasteiger partial charge in [-0.3, -0.25) is 0 Å². The monoisotopic (exact) mass is 454 g/mol. The molecule has 1 aliphatic heterocycles. The minimum Gasteiger partial charge on any atom is -0.493 e. The van der Waals surface area contributed by atoms with Crippen molar-refractivity contribution >= 4 is 11.3 Å². The van der Waals surface area contributed by atoms with E-state index >= 15 is 0 Å². The number of hydrogen-bond acceptors (Lipinski definition) is 7. The summed E-state index contributed by atoms with van der Waals surface area (Å²) in [5.74, 6) is 3.48. The minimum atomic E-state index is 0.181. The number of methoxy groups -OCH3 is 1. The summed E-state index contributed by atoms with van der Waals surface area (Å²) in [6.07, 6.45) is 0. The summed E-state index contributed by atoms with van der Waals surface area (Å²) < 4.78 is 23.0. The molecule has 1 aliphatic rings. The first-order valence-corrected chi connectivity index (χ1v) is 11.7. The number of aromatic nitrogens is 1. The normalized spacial score (nSPS) is 13.8. The van der Waals surface area contributed by atoms with Gasteiger partial charge >= 0.3 is 0 Å². The van der Waals surface area contributed by atoms with Crippen LogP contribution in [0.3, 0.4) is 0 Å². The Labute approximate surface area is 193 Å². The predicted molar refractivity (Wildman–Crippen MR) is 126 cm³/mol. The smallest absolute Gasteiger partial charge is 0.161 e. The van der Waals surface area contributed by atoms with Crippen molar-refractivity contribution in [2.24, 2.45) is 5.92 Å². The molecular weight excluding hydrogens is 424 g/mol. The molecule has 2 aromatic carbocycles. The molecule has 0 aliphatic carbocycles. The molecule has 0 saturated carbocycles. The van der Waals surface area contributed by atoms with Crippen molar-refractivity contribution in [3.63, 3.8) is 0 Å². The third-order valence-corrected chi connectivity index (χ3v) is 6.21. The number of hydrogen-bond donors (Lipinski definition) is 1. The fraction of sp³-hybridized carbons (Fsp3) is 0.400. The Bertz CT molecular complexity index is 1050. The maximum absolute atomic E-state index is 5.94. The van der Waals surface area contributed by atoms with Gasteiger partial charge in [0, 0.05) is 18.0 Å². The van der Waals surface area contributed by atoms with Crippen LogP contribution >= 0.6 is 11.3 Å². The number of rotatable bonds is 9. The molecular formula is C25H30N2O4S. The first-order valence-electron chi connectivity index (χ1n) is 10.9. The van der Waals surface area contributed by atoms with Gasteiger partial charge in [-0.05, 0) is 48.2 Å². The third kappa shape index (κ3) is 5.34. The zero-order valence-corrected chi connectivity index (χ0v) is 19.8.